The summed E-state index contributed by atoms with van der Waals surface area (Å²) in [5.41, 5.74) is -0.648. The first kappa shape index (κ1) is 23.6. The fourth-order valence-electron chi connectivity index (χ4n) is 3.41. The van der Waals surface area contributed by atoms with Gasteiger partial charge in [0.05, 0.1) is 17.3 Å². The summed E-state index contributed by atoms with van der Waals surface area (Å²) >= 11 is 0. The Morgan fingerprint density at radius 3 is 2.52 bits per heavy atom. The van der Waals surface area contributed by atoms with Crippen molar-refractivity contribution < 1.29 is 14.3 Å². The van der Waals surface area contributed by atoms with E-state index in [2.05, 4.69) is 15.7 Å². The lowest BCUT2D eigenvalue weighted by Gasteiger charge is -2.21. The molecule has 1 heterocycles. The minimum absolute atomic E-state index is 0.0333. The number of aromatic amines is 1. The number of H-pyrrole nitrogens is 1. The molecule has 0 saturated carbocycles. The van der Waals surface area contributed by atoms with Gasteiger partial charge in [0.25, 0.3) is 17.0 Å². The predicted molar refractivity (Wildman–Crippen MR) is 125 cm³/mol. The Bertz CT molecular complexity index is 1300. The summed E-state index contributed by atoms with van der Waals surface area (Å²) in [4.78, 5) is 39.4. The largest absolute Gasteiger partial charge is 0.505 e. The number of carbonyl (C=O) groups is 1. The van der Waals surface area contributed by atoms with E-state index in [9.17, 15) is 23.9 Å². The van der Waals surface area contributed by atoms with E-state index < -0.39 is 28.9 Å². The van der Waals surface area contributed by atoms with E-state index in [4.69, 9.17) is 0 Å². The second-order valence-corrected chi connectivity index (χ2v) is 7.74. The smallest absolute Gasteiger partial charge is 0.290 e. The minimum atomic E-state index is -0.627. The van der Waals surface area contributed by atoms with Gasteiger partial charge in [-0.1, -0.05) is 25.1 Å². The van der Waals surface area contributed by atoms with Gasteiger partial charge in [0, 0.05) is 21.1 Å². The lowest BCUT2D eigenvalue weighted by atomic mass is 10.0. The Hall–Kier alpha value is -4.08. The van der Waals surface area contributed by atoms with Gasteiger partial charge in [-0.25, -0.2) is 4.39 Å². The number of rotatable bonds is 7. The standard InChI is InChI=1S/C23H26FN5O4/c1-5-16(13-8-6-9-14(24)12-13)25-19-18(21(31)27-29(4)23(19)33)26-17-11-7-10-15(20(17)30)22(32)28(2)3/h6-12,16,25-26,30H,5H2,1-4H3,(H,27,31). The van der Waals surface area contributed by atoms with Crippen LogP contribution >= 0.6 is 0 Å². The van der Waals surface area contributed by atoms with Crippen LogP contribution in [0.4, 0.5) is 21.5 Å². The minimum Gasteiger partial charge on any atom is -0.505 e. The average molecular weight is 455 g/mol. The van der Waals surface area contributed by atoms with Crippen molar-refractivity contribution in [1.82, 2.24) is 14.7 Å². The molecule has 3 rings (SSSR count). The van der Waals surface area contributed by atoms with Crippen LogP contribution < -0.4 is 21.8 Å². The van der Waals surface area contributed by atoms with Crippen molar-refractivity contribution >= 4 is 23.0 Å². The summed E-state index contributed by atoms with van der Waals surface area (Å²) in [5, 5.41) is 18.9. The summed E-state index contributed by atoms with van der Waals surface area (Å²) in [6, 6.07) is 9.97. The number of hydrogen-bond donors (Lipinski definition) is 4. The molecule has 174 valence electrons. The molecule has 1 atom stereocenters. The molecule has 0 saturated heterocycles. The molecule has 9 nitrogen and oxygen atoms in total. The van der Waals surface area contributed by atoms with Crippen LogP contribution in [-0.4, -0.2) is 39.8 Å². The zero-order chi connectivity index (χ0) is 24.3. The van der Waals surface area contributed by atoms with Crippen molar-refractivity contribution in [3.8, 4) is 5.75 Å². The number of amides is 1. The SMILES string of the molecule is CCC(Nc1c(Nc2cccc(C(=O)N(C)C)c2O)c(=O)[nH]n(C)c1=O)c1cccc(F)c1. The molecule has 0 fully saturated rings. The molecule has 1 amide bonds. The van der Waals surface area contributed by atoms with E-state index in [1.54, 1.807) is 32.3 Å². The number of aromatic hydroxyl groups is 1. The fraction of sp³-hybridized carbons (Fsp3) is 0.261. The van der Waals surface area contributed by atoms with Crippen LogP contribution in [0.1, 0.15) is 35.3 Å². The number of phenolic OH excluding ortho intramolecular Hbond substituents is 1. The van der Waals surface area contributed by atoms with Crippen LogP contribution in [-0.2, 0) is 7.05 Å². The molecule has 1 unspecified atom stereocenters. The summed E-state index contributed by atoms with van der Waals surface area (Å²) in [6.45, 7) is 1.86. The van der Waals surface area contributed by atoms with Crippen molar-refractivity contribution in [3.63, 3.8) is 0 Å². The first-order valence-corrected chi connectivity index (χ1v) is 10.3. The van der Waals surface area contributed by atoms with E-state index in [1.807, 2.05) is 6.92 Å². The number of aryl methyl sites for hydroxylation is 1. The van der Waals surface area contributed by atoms with Gasteiger partial charge in [-0.05, 0) is 36.2 Å². The maximum Gasteiger partial charge on any atom is 0.290 e. The van der Waals surface area contributed by atoms with Crippen LogP contribution in [0.25, 0.3) is 0 Å². The molecule has 33 heavy (non-hydrogen) atoms. The second kappa shape index (κ2) is 9.60. The van der Waals surface area contributed by atoms with Gasteiger partial charge in [-0.3, -0.25) is 24.2 Å². The summed E-state index contributed by atoms with van der Waals surface area (Å²) < 4.78 is 14.8. The predicted octanol–water partition coefficient (Wildman–Crippen LogP) is 2.93. The number of anilines is 3. The highest BCUT2D eigenvalue weighted by Gasteiger charge is 2.21. The Morgan fingerprint density at radius 2 is 1.88 bits per heavy atom. The Kier molecular flexibility index (Phi) is 6.86. The monoisotopic (exact) mass is 455 g/mol. The molecule has 2 aromatic carbocycles. The van der Waals surface area contributed by atoms with E-state index in [1.165, 1.54) is 36.2 Å². The van der Waals surface area contributed by atoms with Gasteiger partial charge < -0.3 is 20.6 Å². The third-order valence-corrected chi connectivity index (χ3v) is 5.17. The molecular weight excluding hydrogens is 429 g/mol. The van der Waals surface area contributed by atoms with Crippen LogP contribution in [0.5, 0.6) is 5.75 Å². The maximum absolute atomic E-state index is 13.8. The zero-order valence-corrected chi connectivity index (χ0v) is 18.8. The molecule has 0 aliphatic carbocycles. The normalized spacial score (nSPS) is 11.7. The lowest BCUT2D eigenvalue weighted by molar-refractivity contribution is 0.0824. The molecule has 1 aromatic heterocycles. The number of benzene rings is 2. The van der Waals surface area contributed by atoms with Crippen LogP contribution in [0, 0.1) is 5.82 Å². The van der Waals surface area contributed by atoms with Gasteiger partial charge in [0.1, 0.15) is 17.2 Å². The highest BCUT2D eigenvalue weighted by atomic mass is 19.1. The van der Waals surface area contributed by atoms with E-state index in [-0.39, 0.29) is 28.4 Å². The Balaban J connectivity index is 2.09. The van der Waals surface area contributed by atoms with Crippen LogP contribution in [0.2, 0.25) is 0 Å². The van der Waals surface area contributed by atoms with E-state index in [0.29, 0.717) is 12.0 Å². The van der Waals surface area contributed by atoms with Crippen molar-refractivity contribution in [2.24, 2.45) is 7.05 Å². The maximum atomic E-state index is 13.8. The third-order valence-electron chi connectivity index (χ3n) is 5.17. The fourth-order valence-corrected chi connectivity index (χ4v) is 3.41. The summed E-state index contributed by atoms with van der Waals surface area (Å²) in [7, 11) is 4.50. The number of nitrogens with one attached hydrogen (secondary N) is 3. The number of aromatic nitrogens is 2. The molecule has 0 radical (unpaired) electrons. The topological polar surface area (TPSA) is 119 Å². The summed E-state index contributed by atoms with van der Waals surface area (Å²) in [6.07, 6.45) is 0.497. The molecule has 3 aromatic rings. The Morgan fingerprint density at radius 1 is 1.18 bits per heavy atom. The number of hydrogen-bond acceptors (Lipinski definition) is 6. The highest BCUT2D eigenvalue weighted by molar-refractivity contribution is 5.98. The zero-order valence-electron chi connectivity index (χ0n) is 18.8. The van der Waals surface area contributed by atoms with E-state index >= 15 is 0 Å². The number of nitrogens with zero attached hydrogens (tertiary/aromatic N) is 2. The van der Waals surface area contributed by atoms with Crippen LogP contribution in [0.3, 0.4) is 0 Å². The number of halogens is 1. The molecule has 0 aliphatic heterocycles. The van der Waals surface area contributed by atoms with Gasteiger partial charge in [-0.2, -0.15) is 0 Å². The molecule has 0 spiro atoms. The van der Waals surface area contributed by atoms with Gasteiger partial charge in [0.15, 0.2) is 5.75 Å². The highest BCUT2D eigenvalue weighted by Crippen LogP contribution is 2.32. The van der Waals surface area contributed by atoms with Gasteiger partial charge in [-0.15, -0.1) is 0 Å². The van der Waals surface area contributed by atoms with Crippen molar-refractivity contribution in [2.45, 2.75) is 19.4 Å². The van der Waals surface area contributed by atoms with Crippen molar-refractivity contribution in [2.75, 3.05) is 24.7 Å². The van der Waals surface area contributed by atoms with Gasteiger partial charge in [0.2, 0.25) is 0 Å². The number of carbonyl (C=O) groups excluding carboxylic acids is 1. The molecule has 0 aliphatic rings. The average Bonchev–Trinajstić information content (AvgIpc) is 2.77. The molecule has 4 N–H and O–H groups in total. The number of para-hydroxylation sites is 1. The van der Waals surface area contributed by atoms with Gasteiger partial charge >= 0.3 is 0 Å². The first-order valence-electron chi connectivity index (χ1n) is 10.3. The van der Waals surface area contributed by atoms with E-state index in [0.717, 1.165) is 4.68 Å². The molecule has 10 heteroatoms. The molecular formula is C23H26FN5O4. The lowest BCUT2D eigenvalue weighted by Crippen LogP contribution is -2.32. The molecule has 0 bridgehead atoms. The quantitative estimate of drug-likeness (QED) is 0.407. The van der Waals surface area contributed by atoms with Crippen LogP contribution in [0.15, 0.2) is 52.1 Å². The third kappa shape index (κ3) is 4.89. The van der Waals surface area contributed by atoms with Crippen molar-refractivity contribution in [1.29, 1.82) is 0 Å². The Labute approximate surface area is 189 Å². The van der Waals surface area contributed by atoms with Crippen molar-refractivity contribution in [3.05, 3.63) is 80.1 Å². The first-order chi connectivity index (χ1) is 15.6. The summed E-state index contributed by atoms with van der Waals surface area (Å²) in [5.74, 6) is -1.21. The number of phenols is 1. The second-order valence-electron chi connectivity index (χ2n) is 7.74.